The van der Waals surface area contributed by atoms with Crippen molar-refractivity contribution in [3.63, 3.8) is 0 Å². The Morgan fingerprint density at radius 3 is 2.96 bits per heavy atom. The number of hydrogen-bond donors (Lipinski definition) is 2. The number of para-hydroxylation sites is 1. The summed E-state index contributed by atoms with van der Waals surface area (Å²) in [6.07, 6.45) is 3.48. The average molecular weight is 338 g/mol. The largest absolute Gasteiger partial charge is 0.392 e. The summed E-state index contributed by atoms with van der Waals surface area (Å²) in [6, 6.07) is 8.94. The van der Waals surface area contributed by atoms with Crippen LogP contribution in [-0.4, -0.2) is 40.0 Å². The molecule has 2 N–H and O–H groups in total. The van der Waals surface area contributed by atoms with Gasteiger partial charge in [0.25, 0.3) is 0 Å². The highest BCUT2D eigenvalue weighted by Crippen LogP contribution is 2.49. The Morgan fingerprint density at radius 1 is 1.28 bits per heavy atom. The maximum atomic E-state index is 12.2. The van der Waals surface area contributed by atoms with Crippen molar-refractivity contribution in [2.45, 2.75) is 44.8 Å². The molecule has 0 spiro atoms. The SMILES string of the molecule is CC(=O)C1[C@H]2C[C@H]3c4[nH]c5ccccc5c4CCN3C[C@@H]2CC[C@@H]1O. The smallest absolute Gasteiger partial charge is 0.135 e. The van der Waals surface area contributed by atoms with Crippen LogP contribution in [-0.2, 0) is 11.2 Å². The Bertz CT molecular complexity index is 826. The number of hydrogen-bond acceptors (Lipinski definition) is 3. The van der Waals surface area contributed by atoms with Crippen LogP contribution < -0.4 is 0 Å². The van der Waals surface area contributed by atoms with E-state index in [0.717, 1.165) is 38.8 Å². The lowest BCUT2D eigenvalue weighted by Crippen LogP contribution is -2.52. The van der Waals surface area contributed by atoms with Gasteiger partial charge in [-0.3, -0.25) is 9.69 Å². The van der Waals surface area contributed by atoms with E-state index in [1.54, 1.807) is 6.92 Å². The molecule has 1 aromatic heterocycles. The summed E-state index contributed by atoms with van der Waals surface area (Å²) in [5, 5.41) is 11.8. The summed E-state index contributed by atoms with van der Waals surface area (Å²) in [4.78, 5) is 18.5. The van der Waals surface area contributed by atoms with E-state index in [9.17, 15) is 9.90 Å². The Hall–Kier alpha value is -1.65. The number of carbonyl (C=O) groups excluding carboxylic acids is 1. The van der Waals surface area contributed by atoms with E-state index in [-0.39, 0.29) is 11.7 Å². The number of aliphatic hydroxyl groups excluding tert-OH is 1. The van der Waals surface area contributed by atoms with Crippen LogP contribution in [0.5, 0.6) is 0 Å². The molecule has 1 saturated heterocycles. The minimum absolute atomic E-state index is 0.170. The summed E-state index contributed by atoms with van der Waals surface area (Å²) < 4.78 is 0. The standard InChI is InChI=1S/C21H26N2O2/c1-12(24)20-16-10-18-21-15(14-4-2-3-5-17(14)22-21)8-9-23(18)11-13(16)6-7-19(20)25/h2-5,13,16,18-20,22,25H,6-11H2,1H3/t13-,16-,18-,19-,20?/m0/s1. The normalized spacial score (nSPS) is 35.0. The number of fused-ring (bicyclic) bond motifs is 6. The monoisotopic (exact) mass is 338 g/mol. The first-order chi connectivity index (χ1) is 12.1. The van der Waals surface area contributed by atoms with Gasteiger partial charge in [-0.25, -0.2) is 0 Å². The highest BCUT2D eigenvalue weighted by Gasteiger charge is 2.48. The highest BCUT2D eigenvalue weighted by molar-refractivity contribution is 5.85. The van der Waals surface area contributed by atoms with E-state index >= 15 is 0 Å². The molecule has 1 aliphatic carbocycles. The second-order valence-electron chi connectivity index (χ2n) is 8.26. The zero-order valence-electron chi connectivity index (χ0n) is 14.7. The molecule has 1 saturated carbocycles. The summed E-state index contributed by atoms with van der Waals surface area (Å²) in [5.41, 5.74) is 4.04. The fourth-order valence-electron chi connectivity index (χ4n) is 5.91. The molecule has 5 rings (SSSR count). The number of carbonyl (C=O) groups is 1. The van der Waals surface area contributed by atoms with E-state index in [4.69, 9.17) is 0 Å². The van der Waals surface area contributed by atoms with Crippen LogP contribution in [0, 0.1) is 17.8 Å². The molecule has 3 heterocycles. The van der Waals surface area contributed by atoms with Crippen LogP contribution >= 0.6 is 0 Å². The molecule has 1 aromatic carbocycles. The molecular weight excluding hydrogens is 312 g/mol. The molecule has 3 aliphatic rings. The number of Topliss-reactive ketones (excluding diaryl/α,β-unsaturated/α-hetero) is 1. The van der Waals surface area contributed by atoms with Gasteiger partial charge in [0.1, 0.15) is 5.78 Å². The van der Waals surface area contributed by atoms with Gasteiger partial charge in [0.2, 0.25) is 0 Å². The molecule has 2 aromatic rings. The third kappa shape index (κ3) is 2.31. The number of nitrogens with one attached hydrogen (secondary N) is 1. The fourth-order valence-corrected chi connectivity index (χ4v) is 5.91. The molecule has 2 fully saturated rings. The van der Waals surface area contributed by atoms with Gasteiger partial charge in [0, 0.05) is 35.6 Å². The summed E-state index contributed by atoms with van der Waals surface area (Å²) in [5.74, 6) is 0.873. The molecule has 4 nitrogen and oxygen atoms in total. The molecule has 2 aliphatic heterocycles. The summed E-state index contributed by atoms with van der Waals surface area (Å²) in [6.45, 7) is 3.84. The van der Waals surface area contributed by atoms with Crippen LogP contribution in [0.2, 0.25) is 0 Å². The molecule has 4 heteroatoms. The van der Waals surface area contributed by atoms with Gasteiger partial charge in [0.15, 0.2) is 0 Å². The third-order valence-corrected chi connectivity index (χ3v) is 7.02. The number of rotatable bonds is 1. The zero-order chi connectivity index (χ0) is 17.1. The lowest BCUT2D eigenvalue weighted by Gasteiger charge is -2.51. The number of nitrogens with zero attached hydrogens (tertiary/aromatic N) is 1. The molecular formula is C21H26N2O2. The van der Waals surface area contributed by atoms with Gasteiger partial charge in [-0.15, -0.1) is 0 Å². The van der Waals surface area contributed by atoms with Crippen LogP contribution in [0.25, 0.3) is 10.9 Å². The van der Waals surface area contributed by atoms with Crippen molar-refractivity contribution in [1.82, 2.24) is 9.88 Å². The van der Waals surface area contributed by atoms with Crippen molar-refractivity contribution in [2.75, 3.05) is 13.1 Å². The summed E-state index contributed by atoms with van der Waals surface area (Å²) in [7, 11) is 0. The van der Waals surface area contributed by atoms with Crippen LogP contribution in [0.3, 0.4) is 0 Å². The predicted molar refractivity (Wildman–Crippen MR) is 97.3 cm³/mol. The number of benzene rings is 1. The van der Waals surface area contributed by atoms with Gasteiger partial charge < -0.3 is 10.1 Å². The van der Waals surface area contributed by atoms with Crippen LogP contribution in [0.4, 0.5) is 0 Å². The number of piperidine rings is 1. The zero-order valence-corrected chi connectivity index (χ0v) is 14.7. The Morgan fingerprint density at radius 2 is 2.12 bits per heavy atom. The maximum Gasteiger partial charge on any atom is 0.135 e. The fraction of sp³-hybridized carbons (Fsp3) is 0.571. The molecule has 0 amide bonds. The molecule has 5 atom stereocenters. The van der Waals surface area contributed by atoms with Gasteiger partial charge in [-0.1, -0.05) is 18.2 Å². The topological polar surface area (TPSA) is 56.3 Å². The first-order valence-electron chi connectivity index (χ1n) is 9.65. The van der Waals surface area contributed by atoms with Gasteiger partial charge in [-0.2, -0.15) is 0 Å². The Balaban J connectivity index is 1.54. The molecule has 0 bridgehead atoms. The number of aromatic amines is 1. The highest BCUT2D eigenvalue weighted by atomic mass is 16.3. The van der Waals surface area contributed by atoms with Crippen molar-refractivity contribution in [2.24, 2.45) is 17.8 Å². The predicted octanol–water partition coefficient (Wildman–Crippen LogP) is 3.06. The minimum Gasteiger partial charge on any atom is -0.392 e. The minimum atomic E-state index is -0.448. The maximum absolute atomic E-state index is 12.2. The Kier molecular flexibility index (Phi) is 3.54. The number of ketones is 1. The van der Waals surface area contributed by atoms with E-state index in [1.807, 2.05) is 0 Å². The average Bonchev–Trinajstić information content (AvgIpc) is 2.99. The number of aliphatic hydroxyl groups is 1. The first-order valence-corrected chi connectivity index (χ1v) is 9.65. The summed E-state index contributed by atoms with van der Waals surface area (Å²) >= 11 is 0. The molecule has 0 radical (unpaired) electrons. The molecule has 25 heavy (non-hydrogen) atoms. The quantitative estimate of drug-likeness (QED) is 0.840. The lowest BCUT2D eigenvalue weighted by atomic mass is 9.64. The lowest BCUT2D eigenvalue weighted by molar-refractivity contribution is -0.134. The van der Waals surface area contributed by atoms with Crippen molar-refractivity contribution >= 4 is 16.7 Å². The number of H-pyrrole nitrogens is 1. The number of aromatic nitrogens is 1. The third-order valence-electron chi connectivity index (χ3n) is 7.02. The van der Waals surface area contributed by atoms with Gasteiger partial charge >= 0.3 is 0 Å². The van der Waals surface area contributed by atoms with E-state index in [1.165, 1.54) is 22.2 Å². The van der Waals surface area contributed by atoms with Gasteiger partial charge in [0.05, 0.1) is 12.1 Å². The van der Waals surface area contributed by atoms with E-state index in [2.05, 4.69) is 34.1 Å². The van der Waals surface area contributed by atoms with Gasteiger partial charge in [-0.05, 0) is 56.1 Å². The van der Waals surface area contributed by atoms with E-state index < -0.39 is 6.10 Å². The first kappa shape index (κ1) is 15.6. The Labute approximate surface area is 148 Å². The second kappa shape index (κ2) is 5.68. The van der Waals surface area contributed by atoms with Crippen molar-refractivity contribution in [1.29, 1.82) is 0 Å². The van der Waals surface area contributed by atoms with Crippen LogP contribution in [0.15, 0.2) is 24.3 Å². The van der Waals surface area contributed by atoms with Crippen molar-refractivity contribution in [3.8, 4) is 0 Å². The second-order valence-corrected chi connectivity index (χ2v) is 8.26. The molecule has 1 unspecified atom stereocenters. The van der Waals surface area contributed by atoms with E-state index in [0.29, 0.717) is 17.9 Å². The van der Waals surface area contributed by atoms with Crippen molar-refractivity contribution < 1.29 is 9.90 Å². The van der Waals surface area contributed by atoms with Crippen LogP contribution in [0.1, 0.15) is 43.5 Å². The van der Waals surface area contributed by atoms with Crippen molar-refractivity contribution in [3.05, 3.63) is 35.5 Å². The molecule has 132 valence electrons.